The van der Waals surface area contributed by atoms with Crippen LogP contribution in [-0.4, -0.2) is 25.2 Å². The topological polar surface area (TPSA) is 82.3 Å². The van der Waals surface area contributed by atoms with Crippen molar-refractivity contribution in [1.82, 2.24) is 21.3 Å². The van der Waals surface area contributed by atoms with E-state index >= 15 is 0 Å². The predicted molar refractivity (Wildman–Crippen MR) is 226 cm³/mol. The molecule has 4 amide bonds. The van der Waals surface area contributed by atoms with Crippen molar-refractivity contribution >= 4 is 12.1 Å². The van der Waals surface area contributed by atoms with Crippen molar-refractivity contribution in [3.05, 3.63) is 35.4 Å². The van der Waals surface area contributed by atoms with E-state index in [1.165, 1.54) is 193 Å². The number of unbranched alkanes of at least 4 members (excludes halogenated alkanes) is 30. The van der Waals surface area contributed by atoms with Crippen molar-refractivity contribution in [2.45, 2.75) is 232 Å². The highest BCUT2D eigenvalue weighted by atomic mass is 16.2. The second kappa shape index (κ2) is 38.5. The number of carbonyl (C=O) groups is 2. The summed E-state index contributed by atoms with van der Waals surface area (Å²) in [5, 5.41) is 11.9. The number of rotatable bonds is 38. The van der Waals surface area contributed by atoms with E-state index in [0.29, 0.717) is 13.1 Å². The maximum absolute atomic E-state index is 12.3. The van der Waals surface area contributed by atoms with E-state index in [9.17, 15) is 9.59 Å². The van der Waals surface area contributed by atoms with Crippen LogP contribution in [0.25, 0.3) is 0 Å². The molecular formula is C46H86N4O2. The van der Waals surface area contributed by atoms with E-state index in [0.717, 1.165) is 37.1 Å². The highest BCUT2D eigenvalue weighted by molar-refractivity contribution is 5.74. The van der Waals surface area contributed by atoms with Crippen molar-refractivity contribution < 1.29 is 9.59 Å². The Kier molecular flexibility index (Phi) is 35.4. The highest BCUT2D eigenvalue weighted by Gasteiger charge is 2.04. The first-order valence-electron chi connectivity index (χ1n) is 22.8. The average Bonchev–Trinajstić information content (AvgIpc) is 3.15. The zero-order chi connectivity index (χ0) is 37.4. The minimum absolute atomic E-state index is 0.113. The second-order valence-electron chi connectivity index (χ2n) is 15.6. The SMILES string of the molecule is CCCCCCCCCCCCCCCCCCNC(=O)NCc1cccc(CNC(=O)NCCCCCCCCCCCCCCCCCC)c1. The molecule has 0 aliphatic carbocycles. The van der Waals surface area contributed by atoms with Crippen LogP contribution < -0.4 is 21.3 Å². The standard InChI is InChI=1S/C46H86N4O2/c1-3-5-7-9-11-13-15-17-19-21-23-25-27-29-31-33-38-47-45(51)49-41-43-36-35-37-44(40-43)42-50-46(52)48-39-34-32-30-28-26-24-22-20-18-16-14-12-10-8-6-4-2/h35-37,40H,3-34,38-39,41-42H2,1-2H3,(H2,47,49,51)(H2,48,50,52). The van der Waals surface area contributed by atoms with Crippen LogP contribution in [0.2, 0.25) is 0 Å². The molecule has 4 N–H and O–H groups in total. The Hall–Kier alpha value is -2.24. The molecule has 0 heterocycles. The van der Waals surface area contributed by atoms with Gasteiger partial charge < -0.3 is 21.3 Å². The van der Waals surface area contributed by atoms with Crippen LogP contribution >= 0.6 is 0 Å². The zero-order valence-corrected chi connectivity index (χ0v) is 34.6. The van der Waals surface area contributed by atoms with Crippen molar-refractivity contribution in [2.75, 3.05) is 13.1 Å². The molecule has 0 radical (unpaired) electrons. The Bertz CT molecular complexity index is 854. The van der Waals surface area contributed by atoms with Crippen molar-refractivity contribution in [2.24, 2.45) is 0 Å². The van der Waals surface area contributed by atoms with Gasteiger partial charge in [0.2, 0.25) is 0 Å². The van der Waals surface area contributed by atoms with Crippen LogP contribution in [0.5, 0.6) is 0 Å². The molecule has 52 heavy (non-hydrogen) atoms. The maximum atomic E-state index is 12.3. The monoisotopic (exact) mass is 727 g/mol. The fraction of sp³-hybridized carbons (Fsp3) is 0.826. The van der Waals surface area contributed by atoms with Gasteiger partial charge in [0.25, 0.3) is 0 Å². The normalized spacial score (nSPS) is 11.1. The summed E-state index contributed by atoms with van der Waals surface area (Å²) in [5.41, 5.74) is 2.07. The molecule has 0 fully saturated rings. The van der Waals surface area contributed by atoms with Gasteiger partial charge >= 0.3 is 12.1 Å². The third kappa shape index (κ3) is 33.6. The molecule has 6 heteroatoms. The quantitative estimate of drug-likeness (QED) is 0.0512. The van der Waals surface area contributed by atoms with Crippen LogP contribution in [0.4, 0.5) is 9.59 Å². The van der Waals surface area contributed by atoms with Crippen LogP contribution in [0.15, 0.2) is 24.3 Å². The molecule has 1 aromatic carbocycles. The molecular weight excluding hydrogens is 641 g/mol. The van der Waals surface area contributed by atoms with Gasteiger partial charge in [-0.15, -0.1) is 0 Å². The molecule has 0 saturated carbocycles. The molecule has 1 aromatic rings. The first-order valence-corrected chi connectivity index (χ1v) is 22.8. The van der Waals surface area contributed by atoms with E-state index < -0.39 is 0 Å². The van der Waals surface area contributed by atoms with Gasteiger partial charge in [0.05, 0.1) is 0 Å². The Morgan fingerprint density at radius 1 is 0.365 bits per heavy atom. The van der Waals surface area contributed by atoms with E-state index in [1.54, 1.807) is 0 Å². The number of hydrogen-bond acceptors (Lipinski definition) is 2. The third-order valence-corrected chi connectivity index (χ3v) is 10.5. The lowest BCUT2D eigenvalue weighted by molar-refractivity contribution is 0.239. The first kappa shape index (κ1) is 47.8. The Balaban J connectivity index is 1.91. The summed E-state index contributed by atoms with van der Waals surface area (Å²) in [6, 6.07) is 7.83. The fourth-order valence-electron chi connectivity index (χ4n) is 7.09. The first-order chi connectivity index (χ1) is 25.7. The minimum Gasteiger partial charge on any atom is -0.338 e. The Morgan fingerprint density at radius 3 is 0.885 bits per heavy atom. The number of amides is 4. The zero-order valence-electron chi connectivity index (χ0n) is 34.6. The predicted octanol–water partition coefficient (Wildman–Crippen LogP) is 13.8. The second-order valence-corrected chi connectivity index (χ2v) is 15.6. The summed E-state index contributed by atoms with van der Waals surface area (Å²) in [6.45, 7) is 6.97. The lowest BCUT2D eigenvalue weighted by Crippen LogP contribution is -2.36. The molecule has 0 aliphatic rings. The van der Waals surface area contributed by atoms with Gasteiger partial charge in [-0.1, -0.05) is 231 Å². The summed E-state index contributed by atoms with van der Waals surface area (Å²) in [6.07, 6.45) is 43.3. The third-order valence-electron chi connectivity index (χ3n) is 10.5. The highest BCUT2D eigenvalue weighted by Crippen LogP contribution is 2.15. The molecule has 0 atom stereocenters. The van der Waals surface area contributed by atoms with Crippen molar-refractivity contribution in [3.8, 4) is 0 Å². The lowest BCUT2D eigenvalue weighted by Gasteiger charge is -2.10. The summed E-state index contributed by atoms with van der Waals surface area (Å²) in [4.78, 5) is 24.6. The van der Waals surface area contributed by atoms with Gasteiger partial charge in [0, 0.05) is 26.2 Å². The summed E-state index contributed by atoms with van der Waals surface area (Å²) < 4.78 is 0. The Labute approximate surface area is 323 Å². The van der Waals surface area contributed by atoms with Crippen LogP contribution in [0.3, 0.4) is 0 Å². The van der Waals surface area contributed by atoms with Crippen molar-refractivity contribution in [1.29, 1.82) is 0 Å². The minimum atomic E-state index is -0.113. The van der Waals surface area contributed by atoms with Crippen LogP contribution in [0.1, 0.15) is 230 Å². The molecule has 302 valence electrons. The van der Waals surface area contributed by atoms with E-state index in [4.69, 9.17) is 0 Å². The molecule has 0 bridgehead atoms. The fourth-order valence-corrected chi connectivity index (χ4v) is 7.09. The summed E-state index contributed by atoms with van der Waals surface area (Å²) >= 11 is 0. The summed E-state index contributed by atoms with van der Waals surface area (Å²) in [5.74, 6) is 0. The number of urea groups is 2. The van der Waals surface area contributed by atoms with Crippen LogP contribution in [-0.2, 0) is 13.1 Å². The van der Waals surface area contributed by atoms with Crippen molar-refractivity contribution in [3.63, 3.8) is 0 Å². The van der Waals surface area contributed by atoms with E-state index in [1.807, 2.05) is 24.3 Å². The van der Waals surface area contributed by atoms with Gasteiger partial charge in [-0.3, -0.25) is 0 Å². The Morgan fingerprint density at radius 2 is 0.615 bits per heavy atom. The van der Waals surface area contributed by atoms with E-state index in [2.05, 4.69) is 35.1 Å². The van der Waals surface area contributed by atoms with Crippen LogP contribution in [0, 0.1) is 0 Å². The van der Waals surface area contributed by atoms with Gasteiger partial charge in [-0.2, -0.15) is 0 Å². The van der Waals surface area contributed by atoms with E-state index in [-0.39, 0.29) is 12.1 Å². The molecule has 0 saturated heterocycles. The molecule has 0 spiro atoms. The number of hydrogen-bond donors (Lipinski definition) is 4. The number of nitrogens with one attached hydrogen (secondary N) is 4. The molecule has 1 rings (SSSR count). The summed E-state index contributed by atoms with van der Waals surface area (Å²) in [7, 11) is 0. The maximum Gasteiger partial charge on any atom is 0.315 e. The number of benzene rings is 1. The molecule has 0 aromatic heterocycles. The average molecular weight is 727 g/mol. The smallest absolute Gasteiger partial charge is 0.315 e. The van der Waals surface area contributed by atoms with Gasteiger partial charge in [0.15, 0.2) is 0 Å². The molecule has 0 aliphatic heterocycles. The number of carbonyl (C=O) groups excluding carboxylic acids is 2. The van der Waals surface area contributed by atoms with Gasteiger partial charge in [0.1, 0.15) is 0 Å². The molecule has 0 unspecified atom stereocenters. The largest absolute Gasteiger partial charge is 0.338 e. The molecule has 6 nitrogen and oxygen atoms in total. The van der Waals surface area contributed by atoms with Gasteiger partial charge in [-0.05, 0) is 24.0 Å². The lowest BCUT2D eigenvalue weighted by atomic mass is 10.0. The van der Waals surface area contributed by atoms with Gasteiger partial charge in [-0.25, -0.2) is 9.59 Å².